The van der Waals surface area contributed by atoms with E-state index >= 15 is 0 Å². The molecule has 0 saturated carbocycles. The maximum atomic E-state index is 12.7. The molecule has 9 heteroatoms. The van der Waals surface area contributed by atoms with Gasteiger partial charge in [0.25, 0.3) is 21.8 Å². The van der Waals surface area contributed by atoms with Crippen LogP contribution in [-0.2, 0) is 10.0 Å². The van der Waals surface area contributed by atoms with E-state index in [0.717, 1.165) is 16.0 Å². The fourth-order valence-corrected chi connectivity index (χ4v) is 5.02. The van der Waals surface area contributed by atoms with Gasteiger partial charge in [0.1, 0.15) is 5.00 Å². The molecule has 0 saturated heterocycles. The summed E-state index contributed by atoms with van der Waals surface area (Å²) in [5.41, 5.74) is 2.90. The number of nitrogens with one attached hydrogen (secondary N) is 3. The summed E-state index contributed by atoms with van der Waals surface area (Å²) in [4.78, 5) is 25.9. The van der Waals surface area contributed by atoms with Crippen LogP contribution in [0.5, 0.6) is 0 Å². The first-order chi connectivity index (χ1) is 14.6. The number of rotatable bonds is 6. The Morgan fingerprint density at radius 2 is 1.48 bits per heavy atom. The monoisotopic (exact) mass is 457 g/mol. The molecule has 2 amide bonds. The van der Waals surface area contributed by atoms with E-state index in [9.17, 15) is 18.0 Å². The summed E-state index contributed by atoms with van der Waals surface area (Å²) >= 11 is 1.33. The van der Waals surface area contributed by atoms with Gasteiger partial charge in [-0.3, -0.25) is 14.3 Å². The van der Waals surface area contributed by atoms with E-state index in [1.807, 2.05) is 20.8 Å². The molecule has 2 aromatic carbocycles. The van der Waals surface area contributed by atoms with E-state index in [4.69, 9.17) is 0 Å². The predicted octanol–water partition coefficient (Wildman–Crippen LogP) is 4.09. The lowest BCUT2D eigenvalue weighted by Crippen LogP contribution is -2.21. The highest BCUT2D eigenvalue weighted by molar-refractivity contribution is 7.92. The summed E-state index contributed by atoms with van der Waals surface area (Å²) in [6.07, 6.45) is 0. The van der Waals surface area contributed by atoms with E-state index in [-0.39, 0.29) is 16.7 Å². The van der Waals surface area contributed by atoms with E-state index in [1.165, 1.54) is 54.8 Å². The van der Waals surface area contributed by atoms with Crippen LogP contribution in [0.15, 0.2) is 53.4 Å². The van der Waals surface area contributed by atoms with Crippen LogP contribution >= 0.6 is 11.3 Å². The van der Waals surface area contributed by atoms with Crippen molar-refractivity contribution in [1.29, 1.82) is 0 Å². The second-order valence-corrected chi connectivity index (χ2v) is 9.92. The Hall–Kier alpha value is -3.17. The standard InChI is InChI=1S/C22H23N3O4S2/c1-13-5-11-18(12-6-13)31(28,29)25-17-9-7-16(8-10-17)20(26)24-22-19(21(27)23-4)14(2)15(3)30-22/h5-12,25H,1-4H3,(H,23,27)(H,24,26). The highest BCUT2D eigenvalue weighted by Gasteiger charge is 2.21. The van der Waals surface area contributed by atoms with Gasteiger partial charge in [-0.1, -0.05) is 17.7 Å². The molecular weight excluding hydrogens is 434 g/mol. The number of amides is 2. The molecule has 0 unspecified atom stereocenters. The number of benzene rings is 2. The summed E-state index contributed by atoms with van der Waals surface area (Å²) in [5, 5.41) is 5.84. The Kier molecular flexibility index (Phi) is 6.47. The summed E-state index contributed by atoms with van der Waals surface area (Å²) in [6.45, 7) is 5.60. The molecule has 0 aliphatic carbocycles. The fraction of sp³-hybridized carbons (Fsp3) is 0.182. The van der Waals surface area contributed by atoms with Gasteiger partial charge in [0, 0.05) is 23.2 Å². The Balaban J connectivity index is 1.76. The van der Waals surface area contributed by atoms with Gasteiger partial charge in [-0.25, -0.2) is 8.42 Å². The minimum absolute atomic E-state index is 0.157. The molecule has 3 rings (SSSR count). The molecule has 0 fully saturated rings. The summed E-state index contributed by atoms with van der Waals surface area (Å²) in [5.74, 6) is -0.655. The van der Waals surface area contributed by atoms with Crippen molar-refractivity contribution in [2.24, 2.45) is 0 Å². The molecule has 0 atom stereocenters. The van der Waals surface area contributed by atoms with E-state index < -0.39 is 10.0 Å². The smallest absolute Gasteiger partial charge is 0.261 e. The molecule has 1 heterocycles. The van der Waals surface area contributed by atoms with Crippen LogP contribution < -0.4 is 15.4 Å². The minimum Gasteiger partial charge on any atom is -0.355 e. The summed E-state index contributed by atoms with van der Waals surface area (Å²) in [6, 6.07) is 12.6. The van der Waals surface area contributed by atoms with Gasteiger partial charge in [-0.2, -0.15) is 0 Å². The number of hydrogen-bond acceptors (Lipinski definition) is 5. The van der Waals surface area contributed by atoms with Crippen LogP contribution in [-0.4, -0.2) is 27.3 Å². The molecule has 0 aliphatic heterocycles. The molecule has 1 aromatic heterocycles. The molecule has 0 radical (unpaired) electrons. The zero-order valence-electron chi connectivity index (χ0n) is 17.6. The Bertz CT molecular complexity index is 1230. The average Bonchev–Trinajstić information content (AvgIpc) is 3.01. The van der Waals surface area contributed by atoms with Crippen molar-refractivity contribution in [3.63, 3.8) is 0 Å². The van der Waals surface area contributed by atoms with E-state index in [0.29, 0.717) is 21.8 Å². The van der Waals surface area contributed by atoms with Crippen molar-refractivity contribution in [1.82, 2.24) is 5.32 Å². The third-order valence-electron chi connectivity index (χ3n) is 4.80. The van der Waals surface area contributed by atoms with Gasteiger partial charge in [0.05, 0.1) is 10.5 Å². The number of thiophene rings is 1. The highest BCUT2D eigenvalue weighted by Crippen LogP contribution is 2.32. The quantitative estimate of drug-likeness (QED) is 0.519. The third kappa shape index (κ3) is 4.95. The molecule has 0 bridgehead atoms. The lowest BCUT2D eigenvalue weighted by molar-refractivity contribution is 0.0963. The summed E-state index contributed by atoms with van der Waals surface area (Å²) in [7, 11) is -2.19. The lowest BCUT2D eigenvalue weighted by Gasteiger charge is -2.10. The van der Waals surface area contributed by atoms with E-state index in [1.54, 1.807) is 12.1 Å². The Morgan fingerprint density at radius 3 is 2.06 bits per heavy atom. The molecule has 3 aromatic rings. The first-order valence-corrected chi connectivity index (χ1v) is 11.8. The van der Waals surface area contributed by atoms with Crippen LogP contribution in [0, 0.1) is 20.8 Å². The fourth-order valence-electron chi connectivity index (χ4n) is 2.91. The maximum Gasteiger partial charge on any atom is 0.261 e. The van der Waals surface area contributed by atoms with Gasteiger partial charge < -0.3 is 10.6 Å². The number of carbonyl (C=O) groups is 2. The zero-order chi connectivity index (χ0) is 22.8. The molecule has 3 N–H and O–H groups in total. The van der Waals surface area contributed by atoms with Crippen LogP contribution in [0.25, 0.3) is 0 Å². The van der Waals surface area contributed by atoms with Gasteiger partial charge in [0.2, 0.25) is 0 Å². The van der Waals surface area contributed by atoms with Gasteiger partial charge in [0.15, 0.2) is 0 Å². The van der Waals surface area contributed by atoms with E-state index in [2.05, 4.69) is 15.4 Å². The van der Waals surface area contributed by atoms with Crippen LogP contribution in [0.2, 0.25) is 0 Å². The Morgan fingerprint density at radius 1 is 0.871 bits per heavy atom. The van der Waals surface area contributed by atoms with Gasteiger partial charge in [-0.15, -0.1) is 11.3 Å². The third-order valence-corrected chi connectivity index (χ3v) is 7.32. The number of carbonyl (C=O) groups excluding carboxylic acids is 2. The topological polar surface area (TPSA) is 104 Å². The molecule has 162 valence electrons. The molecule has 31 heavy (non-hydrogen) atoms. The van der Waals surface area contributed by atoms with Crippen molar-refractivity contribution in [2.75, 3.05) is 17.1 Å². The lowest BCUT2D eigenvalue weighted by atomic mass is 10.1. The number of aryl methyl sites for hydroxylation is 2. The van der Waals surface area contributed by atoms with Gasteiger partial charge >= 0.3 is 0 Å². The van der Waals surface area contributed by atoms with Crippen LogP contribution in [0.4, 0.5) is 10.7 Å². The summed E-state index contributed by atoms with van der Waals surface area (Å²) < 4.78 is 27.5. The normalized spacial score (nSPS) is 11.1. The van der Waals surface area contributed by atoms with Crippen molar-refractivity contribution < 1.29 is 18.0 Å². The SMILES string of the molecule is CNC(=O)c1c(NC(=O)c2ccc(NS(=O)(=O)c3ccc(C)cc3)cc2)sc(C)c1C. The predicted molar refractivity (Wildman–Crippen MR) is 124 cm³/mol. The molecule has 0 spiro atoms. The van der Waals surface area contributed by atoms with Crippen molar-refractivity contribution >= 4 is 43.9 Å². The van der Waals surface area contributed by atoms with Crippen molar-refractivity contribution in [3.05, 3.63) is 75.7 Å². The maximum absolute atomic E-state index is 12.7. The minimum atomic E-state index is -3.73. The highest BCUT2D eigenvalue weighted by atomic mass is 32.2. The molecule has 7 nitrogen and oxygen atoms in total. The van der Waals surface area contributed by atoms with Crippen LogP contribution in [0.1, 0.15) is 36.7 Å². The number of anilines is 2. The second-order valence-electron chi connectivity index (χ2n) is 7.02. The largest absolute Gasteiger partial charge is 0.355 e. The number of sulfonamides is 1. The van der Waals surface area contributed by atoms with Crippen molar-refractivity contribution in [2.45, 2.75) is 25.7 Å². The number of hydrogen-bond donors (Lipinski definition) is 3. The molecular formula is C22H23N3O4S2. The van der Waals surface area contributed by atoms with Crippen molar-refractivity contribution in [3.8, 4) is 0 Å². The first-order valence-electron chi connectivity index (χ1n) is 9.45. The van der Waals surface area contributed by atoms with Gasteiger partial charge in [-0.05, 0) is 62.7 Å². The molecule has 0 aliphatic rings. The zero-order valence-corrected chi connectivity index (χ0v) is 19.2. The van der Waals surface area contributed by atoms with Crippen LogP contribution in [0.3, 0.4) is 0 Å². The average molecular weight is 458 g/mol. The first kappa shape index (κ1) is 22.5. The second kappa shape index (κ2) is 8.91. The Labute approximate surface area is 185 Å².